The van der Waals surface area contributed by atoms with E-state index in [0.29, 0.717) is 36.4 Å². The molecule has 0 saturated heterocycles. The van der Waals surface area contributed by atoms with Crippen LogP contribution >= 0.6 is 0 Å². The van der Waals surface area contributed by atoms with Gasteiger partial charge in [-0.15, -0.1) is 0 Å². The average Bonchev–Trinajstić information content (AvgIpc) is 3.36. The van der Waals surface area contributed by atoms with Gasteiger partial charge in [0.25, 0.3) is 0 Å². The van der Waals surface area contributed by atoms with Crippen molar-refractivity contribution in [2.75, 3.05) is 7.11 Å². The lowest BCUT2D eigenvalue weighted by atomic mass is 10.0. The number of fused-ring (bicyclic) bond motifs is 2. The minimum atomic E-state index is -0.250. The molecule has 0 aliphatic carbocycles. The summed E-state index contributed by atoms with van der Waals surface area (Å²) in [5, 5.41) is 19.6. The van der Waals surface area contributed by atoms with Gasteiger partial charge in [-0.1, -0.05) is 0 Å². The number of nitrogens with zero attached hydrogens (tertiary/aromatic N) is 4. The van der Waals surface area contributed by atoms with Crippen molar-refractivity contribution in [3.8, 4) is 34.4 Å². The molecule has 0 amide bonds. The largest absolute Gasteiger partial charge is 0.508 e. The lowest BCUT2D eigenvalue weighted by Crippen LogP contribution is -1.98. The van der Waals surface area contributed by atoms with Crippen LogP contribution in [0.15, 0.2) is 61.0 Å². The predicted octanol–water partition coefficient (Wildman–Crippen LogP) is 4.73. The Morgan fingerprint density at radius 3 is 2.79 bits per heavy atom. The molecule has 0 unspecified atom stereocenters. The number of benzene rings is 2. The van der Waals surface area contributed by atoms with E-state index in [1.165, 1.54) is 18.5 Å². The molecule has 5 rings (SSSR count). The maximum Gasteiger partial charge on any atom is 0.231 e. The Labute approximate surface area is 195 Å². The number of hydrogen-bond donors (Lipinski definition) is 1. The molecule has 2 aromatic carbocycles. The molecule has 34 heavy (non-hydrogen) atoms. The summed E-state index contributed by atoms with van der Waals surface area (Å²) in [7, 11) is 1.60. The molecule has 0 fully saturated rings. The number of unbranched alkanes of at least 4 members (excludes halogenated alkanes) is 1. The number of rotatable bonds is 6. The number of carbonyl (C=O) groups is 1. The number of phenols is 1. The van der Waals surface area contributed by atoms with E-state index in [9.17, 15) is 9.90 Å². The Balaban J connectivity index is 1.69. The number of ether oxygens (including phenoxy) is 2. The highest BCUT2D eigenvalue weighted by Crippen LogP contribution is 2.39. The lowest BCUT2D eigenvalue weighted by molar-refractivity contribution is 0.101. The molecule has 3 heterocycles. The summed E-state index contributed by atoms with van der Waals surface area (Å²) >= 11 is 0. The van der Waals surface area contributed by atoms with Crippen molar-refractivity contribution < 1.29 is 19.4 Å². The van der Waals surface area contributed by atoms with Crippen LogP contribution in [0, 0.1) is 11.3 Å². The molecule has 0 saturated carbocycles. The number of hydrogen-bond acceptors (Lipinski definition) is 7. The van der Waals surface area contributed by atoms with E-state index in [1.54, 1.807) is 31.6 Å². The summed E-state index contributed by atoms with van der Waals surface area (Å²) < 4.78 is 13.4. The van der Waals surface area contributed by atoms with Gasteiger partial charge >= 0.3 is 0 Å². The summed E-state index contributed by atoms with van der Waals surface area (Å²) in [6.45, 7) is 0.614. The van der Waals surface area contributed by atoms with E-state index in [1.807, 2.05) is 18.3 Å². The number of carbonyl (C=O) groups excluding carboxylic acids is 1. The van der Waals surface area contributed by atoms with E-state index in [4.69, 9.17) is 14.7 Å². The molecule has 0 radical (unpaired) electrons. The maximum absolute atomic E-state index is 12.9. The highest BCUT2D eigenvalue weighted by molar-refractivity contribution is 6.15. The summed E-state index contributed by atoms with van der Waals surface area (Å²) in [6.07, 6.45) is 9.69. The van der Waals surface area contributed by atoms with Crippen LogP contribution in [0.4, 0.5) is 0 Å². The van der Waals surface area contributed by atoms with Crippen LogP contribution in [-0.4, -0.2) is 32.5 Å². The van der Waals surface area contributed by atoms with Gasteiger partial charge in [0, 0.05) is 59.7 Å². The van der Waals surface area contributed by atoms with Gasteiger partial charge in [0.1, 0.15) is 23.6 Å². The van der Waals surface area contributed by atoms with Crippen LogP contribution in [0.25, 0.3) is 28.1 Å². The van der Waals surface area contributed by atoms with E-state index < -0.39 is 0 Å². The summed E-state index contributed by atoms with van der Waals surface area (Å²) in [5.41, 5.74) is 3.79. The molecule has 0 spiro atoms. The van der Waals surface area contributed by atoms with Crippen molar-refractivity contribution in [1.29, 1.82) is 5.26 Å². The van der Waals surface area contributed by atoms with Gasteiger partial charge in [-0.25, -0.2) is 9.97 Å². The quantitative estimate of drug-likeness (QED) is 0.332. The zero-order chi connectivity index (χ0) is 23.7. The highest BCUT2D eigenvalue weighted by Gasteiger charge is 2.28. The third kappa shape index (κ3) is 3.73. The number of ketones is 1. The van der Waals surface area contributed by atoms with Crippen LogP contribution < -0.4 is 9.47 Å². The van der Waals surface area contributed by atoms with E-state index in [-0.39, 0.29) is 17.3 Å². The summed E-state index contributed by atoms with van der Waals surface area (Å²) in [6, 6.07) is 10.5. The fourth-order valence-electron chi connectivity index (χ4n) is 4.15. The second kappa shape index (κ2) is 8.71. The molecular formula is C26H20N4O4. The standard InChI is InChI=1S/C26H20N4O4/c1-33-19-10-21-16(8-24-26(32)20-5-4-18(31)9-23(20)34-24)14-30(7-3-2-6-27)25(21)22(11-19)17-12-28-15-29-13-17/h4-5,8-15,31H,2-3,7H2,1H3/b24-8-. The van der Waals surface area contributed by atoms with Gasteiger partial charge in [0.15, 0.2) is 5.76 Å². The molecule has 168 valence electrons. The number of allylic oxidation sites excluding steroid dienone is 1. The molecule has 0 bridgehead atoms. The number of aryl methyl sites for hydroxylation is 1. The Bertz CT molecular complexity index is 1480. The minimum absolute atomic E-state index is 0.0290. The fourth-order valence-corrected chi connectivity index (χ4v) is 4.15. The first-order chi connectivity index (χ1) is 16.6. The smallest absolute Gasteiger partial charge is 0.231 e. The van der Waals surface area contributed by atoms with Crippen molar-refractivity contribution in [2.45, 2.75) is 19.4 Å². The molecule has 4 aromatic rings. The fraction of sp³-hybridized carbons (Fsp3) is 0.154. The van der Waals surface area contributed by atoms with Crippen molar-refractivity contribution >= 4 is 22.8 Å². The number of methoxy groups -OCH3 is 1. The average molecular weight is 452 g/mol. The number of aromatic nitrogens is 3. The third-order valence-electron chi connectivity index (χ3n) is 5.71. The zero-order valence-electron chi connectivity index (χ0n) is 18.4. The molecule has 8 heteroatoms. The molecule has 0 atom stereocenters. The van der Waals surface area contributed by atoms with Crippen LogP contribution in [-0.2, 0) is 6.54 Å². The lowest BCUT2D eigenvalue weighted by Gasteiger charge is -2.11. The second-order valence-corrected chi connectivity index (χ2v) is 7.86. The number of Topliss-reactive ketones (excluding diaryl/α,β-unsaturated/α-hetero) is 1. The van der Waals surface area contributed by atoms with Crippen molar-refractivity contribution in [1.82, 2.24) is 14.5 Å². The van der Waals surface area contributed by atoms with Crippen LogP contribution in [0.5, 0.6) is 17.2 Å². The van der Waals surface area contributed by atoms with Gasteiger partial charge in [-0.05, 0) is 36.8 Å². The third-order valence-corrected chi connectivity index (χ3v) is 5.71. The Morgan fingerprint density at radius 2 is 2.03 bits per heavy atom. The van der Waals surface area contributed by atoms with Gasteiger partial charge < -0.3 is 19.1 Å². The first-order valence-corrected chi connectivity index (χ1v) is 10.7. The second-order valence-electron chi connectivity index (χ2n) is 7.86. The minimum Gasteiger partial charge on any atom is -0.508 e. The number of nitriles is 1. The molecule has 1 aliphatic rings. The van der Waals surface area contributed by atoms with Gasteiger partial charge in [0.05, 0.1) is 24.3 Å². The molecular weight excluding hydrogens is 432 g/mol. The van der Waals surface area contributed by atoms with Crippen molar-refractivity contribution in [3.05, 3.63) is 72.1 Å². The normalized spacial score (nSPS) is 13.6. The van der Waals surface area contributed by atoms with Crippen LogP contribution in [0.2, 0.25) is 0 Å². The first kappa shape index (κ1) is 21.2. The van der Waals surface area contributed by atoms with E-state index in [2.05, 4.69) is 20.6 Å². The highest BCUT2D eigenvalue weighted by atomic mass is 16.5. The summed E-state index contributed by atoms with van der Waals surface area (Å²) in [4.78, 5) is 21.2. The topological polar surface area (TPSA) is 110 Å². The molecule has 2 aromatic heterocycles. The summed E-state index contributed by atoms with van der Waals surface area (Å²) in [5.74, 6) is 0.923. The number of phenolic OH excluding ortho intramolecular Hbond substituents is 1. The van der Waals surface area contributed by atoms with Crippen LogP contribution in [0.1, 0.15) is 28.8 Å². The monoisotopic (exact) mass is 452 g/mol. The molecule has 8 nitrogen and oxygen atoms in total. The number of aromatic hydroxyl groups is 1. The van der Waals surface area contributed by atoms with Gasteiger partial charge in [0.2, 0.25) is 5.78 Å². The Morgan fingerprint density at radius 1 is 1.21 bits per heavy atom. The Kier molecular flexibility index (Phi) is 5.44. The van der Waals surface area contributed by atoms with Gasteiger partial charge in [-0.3, -0.25) is 4.79 Å². The molecule has 1 aliphatic heterocycles. The molecule has 1 N–H and O–H groups in total. The van der Waals surface area contributed by atoms with Crippen molar-refractivity contribution in [2.24, 2.45) is 0 Å². The van der Waals surface area contributed by atoms with Gasteiger partial charge in [-0.2, -0.15) is 5.26 Å². The SMILES string of the molecule is COc1cc(-c2cncnc2)c2c(c1)c(/C=C1\Oc3cc(O)ccc3C1=O)cn2CCCC#N. The Hall–Kier alpha value is -4.64. The van der Waals surface area contributed by atoms with E-state index in [0.717, 1.165) is 27.6 Å². The zero-order valence-corrected chi connectivity index (χ0v) is 18.4. The predicted molar refractivity (Wildman–Crippen MR) is 125 cm³/mol. The van der Waals surface area contributed by atoms with E-state index >= 15 is 0 Å². The first-order valence-electron chi connectivity index (χ1n) is 10.7. The maximum atomic E-state index is 12.9. The van der Waals surface area contributed by atoms with Crippen molar-refractivity contribution in [3.63, 3.8) is 0 Å². The van der Waals surface area contributed by atoms with Crippen LogP contribution in [0.3, 0.4) is 0 Å².